The van der Waals surface area contributed by atoms with Gasteiger partial charge in [-0.3, -0.25) is 0 Å². The lowest BCUT2D eigenvalue weighted by Gasteiger charge is -2.28. The average molecular weight is 391 g/mol. The highest BCUT2D eigenvalue weighted by Crippen LogP contribution is 2.23. The van der Waals surface area contributed by atoms with Gasteiger partial charge in [0.2, 0.25) is 10.0 Å². The summed E-state index contributed by atoms with van der Waals surface area (Å²) in [6.07, 6.45) is 5.97. The molecule has 1 aliphatic rings. The fraction of sp³-hybridized carbons (Fsp3) is 0.389. The van der Waals surface area contributed by atoms with Gasteiger partial charge in [-0.25, -0.2) is 27.9 Å². The van der Waals surface area contributed by atoms with E-state index >= 15 is 0 Å². The van der Waals surface area contributed by atoms with Crippen LogP contribution in [0.15, 0.2) is 47.6 Å². The molecule has 1 aromatic carbocycles. The summed E-state index contributed by atoms with van der Waals surface area (Å²) in [4.78, 5) is 19.6. The molecule has 144 valence electrons. The molecule has 0 unspecified atom stereocenters. The number of rotatable bonds is 6. The number of carbonyl (C=O) groups excluding carboxylic acids is 1. The number of hydrogen-bond acceptors (Lipinski definition) is 7. The Hall–Kier alpha value is -2.52. The van der Waals surface area contributed by atoms with E-state index in [2.05, 4.69) is 19.4 Å². The first-order valence-corrected chi connectivity index (χ1v) is 10.1. The normalized spacial score (nSPS) is 20.0. The van der Waals surface area contributed by atoms with E-state index < -0.39 is 16.0 Å². The van der Waals surface area contributed by atoms with Gasteiger partial charge in [0.15, 0.2) is 0 Å². The number of esters is 1. The van der Waals surface area contributed by atoms with Gasteiger partial charge in [0.05, 0.1) is 17.6 Å². The van der Waals surface area contributed by atoms with E-state index in [0.29, 0.717) is 37.3 Å². The zero-order chi connectivity index (χ0) is 19.3. The van der Waals surface area contributed by atoms with Crippen molar-refractivity contribution in [1.29, 1.82) is 0 Å². The molecule has 1 fully saturated rings. The van der Waals surface area contributed by atoms with E-state index in [-0.39, 0.29) is 17.0 Å². The molecule has 9 heteroatoms. The molecule has 0 spiro atoms. The van der Waals surface area contributed by atoms with Gasteiger partial charge < -0.3 is 9.47 Å². The average Bonchev–Trinajstić information content (AvgIpc) is 2.69. The minimum Gasteiger partial charge on any atom is -0.465 e. The van der Waals surface area contributed by atoms with Crippen LogP contribution in [-0.4, -0.2) is 43.6 Å². The number of aromatic nitrogens is 2. The summed E-state index contributed by atoms with van der Waals surface area (Å²) < 4.78 is 38.2. The Labute approximate surface area is 158 Å². The molecule has 1 saturated carbocycles. The van der Waals surface area contributed by atoms with Gasteiger partial charge in [-0.05, 0) is 56.0 Å². The van der Waals surface area contributed by atoms with Crippen LogP contribution in [0.25, 0.3) is 0 Å². The third-order valence-corrected chi connectivity index (χ3v) is 5.93. The highest BCUT2D eigenvalue weighted by molar-refractivity contribution is 7.89. The van der Waals surface area contributed by atoms with Crippen LogP contribution in [-0.2, 0) is 14.8 Å². The Morgan fingerprint density at radius 1 is 1.07 bits per heavy atom. The van der Waals surface area contributed by atoms with Crippen LogP contribution < -0.4 is 9.46 Å². The van der Waals surface area contributed by atoms with E-state index in [4.69, 9.17) is 4.74 Å². The van der Waals surface area contributed by atoms with Crippen LogP contribution in [0.4, 0.5) is 0 Å². The monoisotopic (exact) mass is 391 g/mol. The fourth-order valence-electron chi connectivity index (χ4n) is 2.97. The minimum absolute atomic E-state index is 0.0208. The lowest BCUT2D eigenvalue weighted by atomic mass is 9.94. The largest absolute Gasteiger partial charge is 0.465 e. The Bertz CT molecular complexity index is 864. The standard InChI is InChI=1S/C18H21N3O5S/c1-25-17(22)13-3-9-16(10-4-13)27(23,24)21-14-5-7-15(8-6-14)26-18-19-11-2-12-20-18/h2-4,9-12,14-15,21H,5-8H2,1H3. The number of benzene rings is 1. The second-order valence-electron chi connectivity index (χ2n) is 6.26. The maximum absolute atomic E-state index is 12.5. The Balaban J connectivity index is 1.55. The maximum atomic E-state index is 12.5. The molecule has 8 nitrogen and oxygen atoms in total. The highest BCUT2D eigenvalue weighted by atomic mass is 32.2. The van der Waals surface area contributed by atoms with E-state index in [1.807, 2.05) is 0 Å². The smallest absolute Gasteiger partial charge is 0.337 e. The summed E-state index contributed by atoms with van der Waals surface area (Å²) >= 11 is 0. The molecule has 2 aromatic rings. The van der Waals surface area contributed by atoms with Gasteiger partial charge >= 0.3 is 12.0 Å². The molecule has 0 atom stereocenters. The maximum Gasteiger partial charge on any atom is 0.337 e. The number of ether oxygens (including phenoxy) is 2. The van der Waals surface area contributed by atoms with Crippen LogP contribution >= 0.6 is 0 Å². The number of sulfonamides is 1. The third kappa shape index (κ3) is 5.01. The summed E-state index contributed by atoms with van der Waals surface area (Å²) in [5, 5.41) is 0. The molecule has 0 aliphatic heterocycles. The molecule has 27 heavy (non-hydrogen) atoms. The quantitative estimate of drug-likeness (QED) is 0.750. The van der Waals surface area contributed by atoms with Crippen molar-refractivity contribution in [3.05, 3.63) is 48.3 Å². The molecular formula is C18H21N3O5S. The summed E-state index contributed by atoms with van der Waals surface area (Å²) in [5.41, 5.74) is 0.303. The first-order valence-electron chi connectivity index (χ1n) is 8.62. The van der Waals surface area contributed by atoms with Crippen LogP contribution in [0.1, 0.15) is 36.0 Å². The molecule has 1 N–H and O–H groups in total. The molecule has 1 aromatic heterocycles. The van der Waals surface area contributed by atoms with Crippen LogP contribution in [0.3, 0.4) is 0 Å². The van der Waals surface area contributed by atoms with Crippen molar-refractivity contribution in [2.45, 2.75) is 42.7 Å². The van der Waals surface area contributed by atoms with Crippen LogP contribution in [0, 0.1) is 0 Å². The molecule has 0 saturated heterocycles. The van der Waals surface area contributed by atoms with E-state index in [1.165, 1.54) is 31.4 Å². The predicted octanol–water partition coefficient (Wildman–Crippen LogP) is 1.93. The highest BCUT2D eigenvalue weighted by Gasteiger charge is 2.27. The second kappa shape index (κ2) is 8.45. The zero-order valence-corrected chi connectivity index (χ0v) is 15.7. The molecule has 0 amide bonds. The predicted molar refractivity (Wildman–Crippen MR) is 96.8 cm³/mol. The lowest BCUT2D eigenvalue weighted by Crippen LogP contribution is -2.39. The van der Waals surface area contributed by atoms with Gasteiger partial charge in [-0.1, -0.05) is 0 Å². The van der Waals surface area contributed by atoms with Gasteiger partial charge in [0.25, 0.3) is 0 Å². The van der Waals surface area contributed by atoms with Crippen LogP contribution in [0.5, 0.6) is 6.01 Å². The molecule has 1 heterocycles. The van der Waals surface area contributed by atoms with Crippen molar-refractivity contribution in [1.82, 2.24) is 14.7 Å². The topological polar surface area (TPSA) is 107 Å². The Morgan fingerprint density at radius 2 is 1.70 bits per heavy atom. The van der Waals surface area contributed by atoms with Crippen molar-refractivity contribution in [3.8, 4) is 6.01 Å². The first kappa shape index (κ1) is 19.2. The number of methoxy groups -OCH3 is 1. The van der Waals surface area contributed by atoms with Gasteiger partial charge in [-0.15, -0.1) is 0 Å². The van der Waals surface area contributed by atoms with Crippen molar-refractivity contribution in [3.63, 3.8) is 0 Å². The number of nitrogens with one attached hydrogen (secondary N) is 1. The third-order valence-electron chi connectivity index (χ3n) is 4.40. The minimum atomic E-state index is -3.65. The summed E-state index contributed by atoms with van der Waals surface area (Å²) in [7, 11) is -2.38. The second-order valence-corrected chi connectivity index (χ2v) is 7.97. The molecule has 0 bridgehead atoms. The first-order chi connectivity index (χ1) is 13.0. The lowest BCUT2D eigenvalue weighted by molar-refractivity contribution is 0.0600. The molecule has 0 radical (unpaired) electrons. The molecular weight excluding hydrogens is 370 g/mol. The van der Waals surface area contributed by atoms with Crippen molar-refractivity contribution >= 4 is 16.0 Å². The van der Waals surface area contributed by atoms with E-state index in [9.17, 15) is 13.2 Å². The Morgan fingerprint density at radius 3 is 2.30 bits per heavy atom. The Kier molecular flexibility index (Phi) is 6.02. The molecule has 3 rings (SSSR count). The fourth-order valence-corrected chi connectivity index (χ4v) is 4.27. The van der Waals surface area contributed by atoms with Crippen molar-refractivity contribution in [2.75, 3.05) is 7.11 Å². The summed E-state index contributed by atoms with van der Waals surface area (Å²) in [6, 6.07) is 7.57. The number of hydrogen-bond donors (Lipinski definition) is 1. The van der Waals surface area contributed by atoms with E-state index in [0.717, 1.165) is 0 Å². The SMILES string of the molecule is COC(=O)c1ccc(S(=O)(=O)NC2CCC(Oc3ncccn3)CC2)cc1. The molecule has 1 aliphatic carbocycles. The zero-order valence-electron chi connectivity index (χ0n) is 14.9. The van der Waals surface area contributed by atoms with Crippen molar-refractivity contribution in [2.24, 2.45) is 0 Å². The van der Waals surface area contributed by atoms with Crippen molar-refractivity contribution < 1.29 is 22.7 Å². The van der Waals surface area contributed by atoms with Crippen LogP contribution in [0.2, 0.25) is 0 Å². The van der Waals surface area contributed by atoms with Gasteiger partial charge in [-0.2, -0.15) is 0 Å². The number of carbonyl (C=O) groups is 1. The van der Waals surface area contributed by atoms with E-state index in [1.54, 1.807) is 18.5 Å². The van der Waals surface area contributed by atoms with Gasteiger partial charge in [0, 0.05) is 18.4 Å². The van der Waals surface area contributed by atoms with Gasteiger partial charge in [0.1, 0.15) is 6.10 Å². The summed E-state index contributed by atoms with van der Waals surface area (Å²) in [6.45, 7) is 0. The summed E-state index contributed by atoms with van der Waals surface area (Å²) in [5.74, 6) is -0.507. The number of nitrogens with zero attached hydrogens (tertiary/aromatic N) is 2.